The molecule has 0 aliphatic carbocycles. The van der Waals surface area contributed by atoms with Crippen molar-refractivity contribution in [3.63, 3.8) is 0 Å². The smallest absolute Gasteiger partial charge is 0.203 e. The monoisotopic (exact) mass is 346 g/mol. The summed E-state index contributed by atoms with van der Waals surface area (Å²) in [6.07, 6.45) is -0.471. The van der Waals surface area contributed by atoms with Gasteiger partial charge in [-0.15, -0.1) is 0 Å². The van der Waals surface area contributed by atoms with E-state index in [1.807, 2.05) is 24.3 Å². The van der Waals surface area contributed by atoms with Gasteiger partial charge in [0.25, 0.3) is 0 Å². The second kappa shape index (κ2) is 7.11. The van der Waals surface area contributed by atoms with Gasteiger partial charge < -0.3 is 28.8 Å². The molecule has 2 atom stereocenters. The van der Waals surface area contributed by atoms with Crippen molar-refractivity contribution in [1.29, 1.82) is 0 Å². The molecule has 0 saturated heterocycles. The van der Waals surface area contributed by atoms with Crippen molar-refractivity contribution < 1.29 is 28.8 Å². The van der Waals surface area contributed by atoms with Gasteiger partial charge in [-0.25, -0.2) is 0 Å². The zero-order chi connectivity index (χ0) is 18.0. The minimum atomic E-state index is -0.899. The lowest BCUT2D eigenvalue weighted by Gasteiger charge is -2.30. The Morgan fingerprint density at radius 2 is 1.60 bits per heavy atom. The van der Waals surface area contributed by atoms with Crippen LogP contribution in [0.25, 0.3) is 0 Å². The highest BCUT2D eigenvalue weighted by molar-refractivity contribution is 5.57. The molecule has 1 aliphatic rings. The van der Waals surface area contributed by atoms with Crippen LogP contribution in [-0.2, 0) is 0 Å². The Labute approximate surface area is 146 Å². The van der Waals surface area contributed by atoms with Gasteiger partial charge in [-0.3, -0.25) is 0 Å². The maximum atomic E-state index is 10.2. The van der Waals surface area contributed by atoms with E-state index < -0.39 is 6.29 Å². The SMILES string of the molecule is COc1ccc2c(c1)OC(O)CC2c1cc(OC)c(OC)c(OC)c1. The van der Waals surface area contributed by atoms with Crippen LogP contribution in [0.1, 0.15) is 23.5 Å². The number of benzene rings is 2. The van der Waals surface area contributed by atoms with Crippen molar-refractivity contribution in [3.05, 3.63) is 41.5 Å². The van der Waals surface area contributed by atoms with Gasteiger partial charge in [0.2, 0.25) is 5.75 Å². The first-order valence-electron chi connectivity index (χ1n) is 7.93. The van der Waals surface area contributed by atoms with E-state index in [0.29, 0.717) is 35.2 Å². The summed E-state index contributed by atoms with van der Waals surface area (Å²) in [5.74, 6) is 2.91. The quantitative estimate of drug-likeness (QED) is 0.898. The fourth-order valence-corrected chi connectivity index (χ4v) is 3.17. The van der Waals surface area contributed by atoms with Crippen molar-refractivity contribution >= 4 is 0 Å². The molecule has 1 N–H and O–H groups in total. The Kier molecular flexibility index (Phi) is 4.90. The zero-order valence-corrected chi connectivity index (χ0v) is 14.7. The van der Waals surface area contributed by atoms with E-state index in [4.69, 9.17) is 23.7 Å². The minimum Gasteiger partial charge on any atom is -0.497 e. The first-order valence-corrected chi connectivity index (χ1v) is 7.93. The van der Waals surface area contributed by atoms with E-state index >= 15 is 0 Å². The summed E-state index contributed by atoms with van der Waals surface area (Å²) in [6.45, 7) is 0. The average molecular weight is 346 g/mol. The van der Waals surface area contributed by atoms with Gasteiger partial charge in [0.05, 0.1) is 28.4 Å². The van der Waals surface area contributed by atoms with Crippen LogP contribution >= 0.6 is 0 Å². The van der Waals surface area contributed by atoms with Crippen LogP contribution in [0, 0.1) is 0 Å². The highest BCUT2D eigenvalue weighted by Gasteiger charge is 2.30. The highest BCUT2D eigenvalue weighted by Crippen LogP contribution is 2.46. The maximum absolute atomic E-state index is 10.2. The number of methoxy groups -OCH3 is 4. The number of fused-ring (bicyclic) bond motifs is 1. The van der Waals surface area contributed by atoms with Crippen molar-refractivity contribution in [1.82, 2.24) is 0 Å². The molecule has 0 bridgehead atoms. The summed E-state index contributed by atoms with van der Waals surface area (Å²) in [4.78, 5) is 0. The van der Waals surface area contributed by atoms with E-state index in [9.17, 15) is 5.11 Å². The Hall–Kier alpha value is -2.60. The fourth-order valence-electron chi connectivity index (χ4n) is 3.17. The van der Waals surface area contributed by atoms with Crippen LogP contribution in [0.4, 0.5) is 0 Å². The third-order valence-corrected chi connectivity index (χ3v) is 4.39. The Balaban J connectivity index is 2.11. The topological polar surface area (TPSA) is 66.4 Å². The van der Waals surface area contributed by atoms with E-state index in [2.05, 4.69) is 0 Å². The van der Waals surface area contributed by atoms with Crippen molar-refractivity contribution in [3.8, 4) is 28.7 Å². The van der Waals surface area contributed by atoms with Gasteiger partial charge in [0, 0.05) is 24.0 Å². The molecule has 6 nitrogen and oxygen atoms in total. The Morgan fingerprint density at radius 3 is 2.16 bits per heavy atom. The maximum Gasteiger partial charge on any atom is 0.203 e. The molecule has 0 amide bonds. The number of hydrogen-bond donors (Lipinski definition) is 1. The summed E-state index contributed by atoms with van der Waals surface area (Å²) in [7, 11) is 6.33. The molecule has 3 rings (SSSR count). The average Bonchev–Trinajstić information content (AvgIpc) is 2.65. The molecule has 2 aromatic carbocycles. The summed E-state index contributed by atoms with van der Waals surface area (Å²) >= 11 is 0. The van der Waals surface area contributed by atoms with Gasteiger partial charge in [-0.05, 0) is 23.8 Å². The van der Waals surface area contributed by atoms with Gasteiger partial charge in [0.1, 0.15) is 11.5 Å². The third kappa shape index (κ3) is 3.17. The standard InChI is InChI=1S/C19H22O6/c1-21-12-5-6-13-14(10-18(20)25-15(13)9-12)11-7-16(22-2)19(24-4)17(8-11)23-3/h5-9,14,18,20H,10H2,1-4H3. The second-order valence-corrected chi connectivity index (χ2v) is 5.72. The van der Waals surface area contributed by atoms with Gasteiger partial charge >= 0.3 is 0 Å². The van der Waals surface area contributed by atoms with E-state index in [1.54, 1.807) is 34.5 Å². The summed E-state index contributed by atoms with van der Waals surface area (Å²) in [6, 6.07) is 9.41. The van der Waals surface area contributed by atoms with Gasteiger partial charge in [0.15, 0.2) is 17.8 Å². The number of hydrogen-bond acceptors (Lipinski definition) is 6. The predicted octanol–water partition coefficient (Wildman–Crippen LogP) is 2.95. The Bertz CT molecular complexity index is 733. The van der Waals surface area contributed by atoms with Crippen LogP contribution in [0.3, 0.4) is 0 Å². The first-order chi connectivity index (χ1) is 12.1. The van der Waals surface area contributed by atoms with Crippen LogP contribution in [0.15, 0.2) is 30.3 Å². The summed E-state index contributed by atoms with van der Waals surface area (Å²) < 4.78 is 27.1. The fraction of sp³-hybridized carbons (Fsp3) is 0.368. The molecule has 0 spiro atoms. The Morgan fingerprint density at radius 1 is 0.920 bits per heavy atom. The van der Waals surface area contributed by atoms with E-state index in [1.165, 1.54) is 0 Å². The van der Waals surface area contributed by atoms with Crippen molar-refractivity contribution in [2.24, 2.45) is 0 Å². The lowest BCUT2D eigenvalue weighted by molar-refractivity contribution is -0.0360. The lowest BCUT2D eigenvalue weighted by Crippen LogP contribution is -2.25. The molecule has 0 fully saturated rings. The second-order valence-electron chi connectivity index (χ2n) is 5.72. The normalized spacial score (nSPS) is 18.8. The molecule has 2 unspecified atom stereocenters. The number of ether oxygens (including phenoxy) is 5. The molecule has 1 aliphatic heterocycles. The minimum absolute atomic E-state index is 0.0710. The van der Waals surface area contributed by atoms with Gasteiger partial charge in [-0.1, -0.05) is 6.07 Å². The van der Waals surface area contributed by atoms with Crippen LogP contribution in [-0.4, -0.2) is 39.8 Å². The molecule has 0 aromatic heterocycles. The molecular formula is C19H22O6. The van der Waals surface area contributed by atoms with Crippen molar-refractivity contribution in [2.75, 3.05) is 28.4 Å². The number of aliphatic hydroxyl groups is 1. The molecule has 2 aromatic rings. The molecule has 25 heavy (non-hydrogen) atoms. The third-order valence-electron chi connectivity index (χ3n) is 4.39. The van der Waals surface area contributed by atoms with Crippen LogP contribution in [0.2, 0.25) is 0 Å². The molecule has 1 heterocycles. The van der Waals surface area contributed by atoms with Gasteiger partial charge in [-0.2, -0.15) is 0 Å². The van der Waals surface area contributed by atoms with Crippen LogP contribution in [0.5, 0.6) is 28.7 Å². The van der Waals surface area contributed by atoms with E-state index in [-0.39, 0.29) is 5.92 Å². The van der Waals surface area contributed by atoms with Crippen LogP contribution < -0.4 is 23.7 Å². The molecule has 6 heteroatoms. The highest BCUT2D eigenvalue weighted by atomic mass is 16.6. The number of aliphatic hydroxyl groups excluding tert-OH is 1. The largest absolute Gasteiger partial charge is 0.497 e. The molecule has 0 saturated carbocycles. The van der Waals surface area contributed by atoms with E-state index in [0.717, 1.165) is 11.1 Å². The molecule has 134 valence electrons. The lowest BCUT2D eigenvalue weighted by atomic mass is 9.85. The zero-order valence-electron chi connectivity index (χ0n) is 14.7. The summed E-state index contributed by atoms with van der Waals surface area (Å²) in [5, 5.41) is 10.2. The number of rotatable bonds is 5. The summed E-state index contributed by atoms with van der Waals surface area (Å²) in [5.41, 5.74) is 1.92. The molecule has 0 radical (unpaired) electrons. The first kappa shape index (κ1) is 17.2. The molecular weight excluding hydrogens is 324 g/mol. The van der Waals surface area contributed by atoms with Crippen molar-refractivity contribution in [2.45, 2.75) is 18.6 Å². The predicted molar refractivity (Wildman–Crippen MR) is 92.2 cm³/mol.